The van der Waals surface area contributed by atoms with Gasteiger partial charge in [0.05, 0.1) is 22.4 Å². The Morgan fingerprint density at radius 1 is 0.941 bits per heavy atom. The van der Waals surface area contributed by atoms with Crippen LogP contribution in [0.3, 0.4) is 0 Å². The van der Waals surface area contributed by atoms with Gasteiger partial charge >= 0.3 is 5.97 Å². The lowest BCUT2D eigenvalue weighted by Gasteiger charge is -2.36. The number of esters is 1. The van der Waals surface area contributed by atoms with Gasteiger partial charge in [0.25, 0.3) is 5.19 Å². The Kier molecular flexibility index (Phi) is 5.46. The fraction of sp³-hybridized carbons (Fsp3) is 0.286. The van der Waals surface area contributed by atoms with Crippen LogP contribution in [0.1, 0.15) is 48.0 Å². The summed E-state index contributed by atoms with van der Waals surface area (Å²) >= 11 is 1.54. The Balaban J connectivity index is 0.992. The predicted octanol–water partition coefficient (Wildman–Crippen LogP) is 7.11. The molecule has 1 fully saturated rings. The van der Waals surface area contributed by atoms with E-state index in [9.17, 15) is 4.79 Å². The highest BCUT2D eigenvalue weighted by molar-refractivity contribution is 7.20. The molecule has 0 saturated heterocycles. The normalized spacial score (nSPS) is 21.4. The molecule has 6 rings (SSSR count). The molecular weight excluding hydrogens is 446 g/mol. The minimum absolute atomic E-state index is 0.173. The highest BCUT2D eigenvalue weighted by Crippen LogP contribution is 2.48. The zero-order chi connectivity index (χ0) is 23.0. The first-order valence-electron chi connectivity index (χ1n) is 11.8. The van der Waals surface area contributed by atoms with Gasteiger partial charge in [-0.05, 0) is 80.5 Å². The van der Waals surface area contributed by atoms with Crippen molar-refractivity contribution in [2.24, 2.45) is 5.92 Å². The summed E-state index contributed by atoms with van der Waals surface area (Å²) in [6.07, 6.45) is 4.85. The van der Waals surface area contributed by atoms with Crippen molar-refractivity contribution < 1.29 is 19.0 Å². The molecule has 172 valence electrons. The number of para-hydroxylation sites is 1. The van der Waals surface area contributed by atoms with Gasteiger partial charge in [-0.1, -0.05) is 41.7 Å². The third-order valence-electron chi connectivity index (χ3n) is 6.94. The van der Waals surface area contributed by atoms with Crippen molar-refractivity contribution in [1.82, 2.24) is 4.98 Å². The van der Waals surface area contributed by atoms with Crippen LogP contribution in [0.4, 0.5) is 0 Å². The van der Waals surface area contributed by atoms with Crippen LogP contribution in [0.2, 0.25) is 0 Å². The zero-order valence-electron chi connectivity index (χ0n) is 18.7. The van der Waals surface area contributed by atoms with Crippen LogP contribution in [0.5, 0.6) is 16.7 Å². The lowest BCUT2D eigenvalue weighted by Crippen LogP contribution is -2.32. The van der Waals surface area contributed by atoms with Gasteiger partial charge in [-0.2, -0.15) is 0 Å². The molecule has 34 heavy (non-hydrogen) atoms. The first kappa shape index (κ1) is 21.2. The summed E-state index contributed by atoms with van der Waals surface area (Å²) < 4.78 is 18.9. The van der Waals surface area contributed by atoms with E-state index in [-0.39, 0.29) is 5.97 Å². The fourth-order valence-electron chi connectivity index (χ4n) is 5.09. The summed E-state index contributed by atoms with van der Waals surface area (Å²) in [5.74, 6) is 1.99. The zero-order valence-corrected chi connectivity index (χ0v) is 19.6. The van der Waals surface area contributed by atoms with E-state index >= 15 is 0 Å². The Morgan fingerprint density at radius 3 is 2.50 bits per heavy atom. The summed E-state index contributed by atoms with van der Waals surface area (Å²) in [5, 5.41) is 0.639. The third kappa shape index (κ3) is 4.03. The molecule has 1 saturated carbocycles. The smallest absolute Gasteiger partial charge is 0.339 e. The molecule has 0 N–H and O–H groups in total. The number of carbonyl (C=O) groups is 1. The summed E-state index contributed by atoms with van der Waals surface area (Å²) in [6, 6.07) is 23.5. The van der Waals surface area contributed by atoms with E-state index in [0.29, 0.717) is 17.7 Å². The van der Waals surface area contributed by atoms with Gasteiger partial charge in [-0.15, -0.1) is 0 Å². The number of hydrogen-bond donors (Lipinski definition) is 0. The monoisotopic (exact) mass is 471 g/mol. The van der Waals surface area contributed by atoms with Crippen LogP contribution >= 0.6 is 11.3 Å². The van der Waals surface area contributed by atoms with E-state index in [0.717, 1.165) is 64.9 Å². The second-order valence-electron chi connectivity index (χ2n) is 9.03. The van der Waals surface area contributed by atoms with E-state index in [2.05, 4.69) is 4.98 Å². The third-order valence-corrected chi connectivity index (χ3v) is 7.85. The molecule has 2 aliphatic rings. The van der Waals surface area contributed by atoms with E-state index in [4.69, 9.17) is 14.2 Å². The van der Waals surface area contributed by atoms with Gasteiger partial charge in [-0.3, -0.25) is 0 Å². The summed E-state index contributed by atoms with van der Waals surface area (Å²) in [5.41, 5.74) is 2.35. The number of carbonyl (C=O) groups excluding carboxylic acids is 1. The highest BCUT2D eigenvalue weighted by Gasteiger charge is 2.47. The summed E-state index contributed by atoms with van der Waals surface area (Å²) in [4.78, 5) is 16.8. The number of aromatic nitrogens is 1. The van der Waals surface area contributed by atoms with E-state index in [1.54, 1.807) is 0 Å². The molecule has 0 bridgehead atoms. The van der Waals surface area contributed by atoms with Gasteiger partial charge in [-0.25, -0.2) is 9.78 Å². The number of thiazole rings is 1. The van der Waals surface area contributed by atoms with Crippen molar-refractivity contribution in [1.29, 1.82) is 0 Å². The second-order valence-corrected chi connectivity index (χ2v) is 10.0. The van der Waals surface area contributed by atoms with Gasteiger partial charge < -0.3 is 14.2 Å². The van der Waals surface area contributed by atoms with Crippen LogP contribution in [0.25, 0.3) is 10.2 Å². The van der Waals surface area contributed by atoms with Crippen LogP contribution in [-0.2, 0) is 10.3 Å². The number of hydrogen-bond acceptors (Lipinski definition) is 6. The van der Waals surface area contributed by atoms with Crippen molar-refractivity contribution in [3.63, 3.8) is 0 Å². The number of nitrogens with zero attached hydrogens (tertiary/aromatic N) is 1. The van der Waals surface area contributed by atoms with Crippen LogP contribution < -0.4 is 9.47 Å². The number of rotatable bonds is 6. The second kappa shape index (κ2) is 8.76. The predicted molar refractivity (Wildman–Crippen MR) is 132 cm³/mol. The highest BCUT2D eigenvalue weighted by atomic mass is 32.1. The fourth-order valence-corrected chi connectivity index (χ4v) is 5.93. The topological polar surface area (TPSA) is 57.7 Å². The molecule has 0 amide bonds. The molecule has 2 heterocycles. The van der Waals surface area contributed by atoms with Crippen LogP contribution in [0, 0.1) is 5.92 Å². The largest absolute Gasteiger partial charge is 0.494 e. The lowest BCUT2D eigenvalue weighted by atomic mass is 9.74. The maximum atomic E-state index is 12.3. The molecule has 0 radical (unpaired) electrons. The Bertz CT molecular complexity index is 1290. The first-order valence-corrected chi connectivity index (χ1v) is 12.6. The lowest BCUT2D eigenvalue weighted by molar-refractivity contribution is -0.0372. The van der Waals surface area contributed by atoms with Crippen molar-refractivity contribution in [2.75, 3.05) is 6.61 Å². The van der Waals surface area contributed by atoms with Crippen LogP contribution in [-0.4, -0.2) is 17.6 Å². The van der Waals surface area contributed by atoms with Crippen LogP contribution in [0.15, 0.2) is 72.8 Å². The molecular formula is C28H25NO4S. The van der Waals surface area contributed by atoms with Crippen molar-refractivity contribution in [2.45, 2.75) is 37.7 Å². The minimum Gasteiger partial charge on any atom is -0.494 e. The van der Waals surface area contributed by atoms with Crippen molar-refractivity contribution in [3.8, 4) is 16.7 Å². The number of benzene rings is 3. The molecule has 5 nitrogen and oxygen atoms in total. The molecule has 0 unspecified atom stereocenters. The van der Waals surface area contributed by atoms with E-state index in [1.165, 1.54) is 11.3 Å². The van der Waals surface area contributed by atoms with Gasteiger partial charge in [0.1, 0.15) is 17.1 Å². The molecule has 1 aromatic heterocycles. The molecule has 1 aliphatic heterocycles. The quantitative estimate of drug-likeness (QED) is 0.280. The number of ether oxygens (including phenoxy) is 3. The van der Waals surface area contributed by atoms with Crippen molar-refractivity contribution >= 4 is 27.5 Å². The average Bonchev–Trinajstić information content (AvgIpc) is 3.40. The Morgan fingerprint density at radius 2 is 1.68 bits per heavy atom. The van der Waals surface area contributed by atoms with Gasteiger partial charge in [0, 0.05) is 5.56 Å². The van der Waals surface area contributed by atoms with E-state index in [1.807, 2.05) is 72.8 Å². The summed E-state index contributed by atoms with van der Waals surface area (Å²) in [7, 11) is 0. The molecule has 0 atom stereocenters. The molecule has 3 aromatic carbocycles. The minimum atomic E-state index is -0.413. The maximum Gasteiger partial charge on any atom is 0.339 e. The van der Waals surface area contributed by atoms with Gasteiger partial charge in [0.2, 0.25) is 0 Å². The molecule has 1 aliphatic carbocycles. The first-order chi connectivity index (χ1) is 16.7. The molecule has 6 heteroatoms. The summed E-state index contributed by atoms with van der Waals surface area (Å²) in [6.45, 7) is 0.673. The maximum absolute atomic E-state index is 12.3. The Hall–Kier alpha value is -3.38. The average molecular weight is 472 g/mol. The molecule has 4 aromatic rings. The van der Waals surface area contributed by atoms with E-state index < -0.39 is 5.60 Å². The standard InChI is InChI=1S/C28H25NO4S/c30-26-22-5-1-2-6-23(22)28(33-26)16-13-19(14-17-28)15-18-31-20-9-11-21(12-10-20)32-27-29-24-7-3-4-8-25(24)34-27/h1-12,19H,13-18H2. The number of fused-ring (bicyclic) bond motifs is 3. The van der Waals surface area contributed by atoms with Gasteiger partial charge in [0.15, 0.2) is 0 Å². The SMILES string of the molecule is O=C1OC2(CCC(CCOc3ccc(Oc4nc5ccccc5s4)cc3)CC2)c2ccccc21. The van der Waals surface area contributed by atoms with Crippen molar-refractivity contribution in [3.05, 3.63) is 83.9 Å². The molecule has 1 spiro atoms. The Labute approximate surface area is 202 Å².